The summed E-state index contributed by atoms with van der Waals surface area (Å²) in [5.74, 6) is -0.622. The Balaban J connectivity index is 1.57. The molecule has 0 aliphatic carbocycles. The molecule has 30 heavy (non-hydrogen) atoms. The normalized spacial score (nSPS) is 10.2. The lowest BCUT2D eigenvalue weighted by molar-refractivity contribution is -0.131. The molecule has 3 aromatic rings. The number of nitrogens with one attached hydrogen (secondary N) is 2. The van der Waals surface area contributed by atoms with Gasteiger partial charge in [-0.05, 0) is 54.1 Å². The van der Waals surface area contributed by atoms with Crippen LogP contribution in [0.15, 0.2) is 77.3 Å². The smallest absolute Gasteiger partial charge is 0.308 e. The fourth-order valence-electron chi connectivity index (χ4n) is 2.69. The van der Waals surface area contributed by atoms with Gasteiger partial charge in [-0.2, -0.15) is 0 Å². The summed E-state index contributed by atoms with van der Waals surface area (Å²) in [6.45, 7) is 1.67. The van der Waals surface area contributed by atoms with E-state index < -0.39 is 5.97 Å². The molecule has 6 nitrogen and oxygen atoms in total. The zero-order valence-corrected chi connectivity index (χ0v) is 17.7. The summed E-state index contributed by atoms with van der Waals surface area (Å²) >= 11 is 3.35. The number of esters is 1. The Hall–Kier alpha value is -3.45. The summed E-state index contributed by atoms with van der Waals surface area (Å²) in [6.07, 6.45) is 0. The highest BCUT2D eigenvalue weighted by Crippen LogP contribution is 2.16. The van der Waals surface area contributed by atoms with E-state index in [0.29, 0.717) is 29.1 Å². The summed E-state index contributed by atoms with van der Waals surface area (Å²) in [5.41, 5.74) is 2.46. The number of carbonyl (C=O) groups excluding carboxylic acids is 3. The molecule has 0 aliphatic rings. The topological polar surface area (TPSA) is 84.5 Å². The lowest BCUT2D eigenvalue weighted by Gasteiger charge is -2.09. The maximum absolute atomic E-state index is 12.4. The summed E-state index contributed by atoms with van der Waals surface area (Å²) in [5, 5.41) is 5.65. The molecule has 2 amide bonds. The van der Waals surface area contributed by atoms with E-state index in [1.54, 1.807) is 48.5 Å². The minimum absolute atomic E-state index is 0.165. The van der Waals surface area contributed by atoms with Crippen molar-refractivity contribution in [2.75, 3.05) is 5.32 Å². The highest BCUT2D eigenvalue weighted by atomic mass is 79.9. The van der Waals surface area contributed by atoms with E-state index in [9.17, 15) is 14.4 Å². The molecule has 0 aromatic heterocycles. The molecular weight excluding hydrogens is 448 g/mol. The van der Waals surface area contributed by atoms with Crippen LogP contribution < -0.4 is 15.4 Å². The molecule has 3 aromatic carbocycles. The molecule has 0 spiro atoms. The van der Waals surface area contributed by atoms with Crippen molar-refractivity contribution in [3.63, 3.8) is 0 Å². The number of rotatable bonds is 6. The second-order valence-electron chi connectivity index (χ2n) is 6.47. The number of ether oxygens (including phenoxy) is 1. The van der Waals surface area contributed by atoms with Gasteiger partial charge in [-0.3, -0.25) is 14.4 Å². The van der Waals surface area contributed by atoms with Gasteiger partial charge in [-0.15, -0.1) is 0 Å². The van der Waals surface area contributed by atoms with Gasteiger partial charge in [-0.1, -0.05) is 40.2 Å². The van der Waals surface area contributed by atoms with Gasteiger partial charge < -0.3 is 15.4 Å². The van der Waals surface area contributed by atoms with E-state index in [-0.39, 0.29) is 11.8 Å². The van der Waals surface area contributed by atoms with E-state index in [4.69, 9.17) is 4.74 Å². The summed E-state index contributed by atoms with van der Waals surface area (Å²) in [4.78, 5) is 35.7. The van der Waals surface area contributed by atoms with Crippen LogP contribution in [-0.4, -0.2) is 17.8 Å². The molecule has 0 fully saturated rings. The van der Waals surface area contributed by atoms with Crippen molar-refractivity contribution in [3.8, 4) is 5.75 Å². The van der Waals surface area contributed by atoms with Gasteiger partial charge in [0.1, 0.15) is 5.75 Å². The minimum atomic E-state index is -0.449. The highest BCUT2D eigenvalue weighted by molar-refractivity contribution is 9.10. The Kier molecular flexibility index (Phi) is 6.98. The van der Waals surface area contributed by atoms with Crippen LogP contribution in [0.25, 0.3) is 0 Å². The van der Waals surface area contributed by atoms with Crippen molar-refractivity contribution in [3.05, 3.63) is 94.0 Å². The molecule has 0 unspecified atom stereocenters. The number of anilines is 1. The quantitative estimate of drug-likeness (QED) is 0.412. The van der Waals surface area contributed by atoms with Crippen LogP contribution in [0.5, 0.6) is 5.75 Å². The summed E-state index contributed by atoms with van der Waals surface area (Å²) in [7, 11) is 0. The fraction of sp³-hybridized carbons (Fsp3) is 0.0870. The largest absolute Gasteiger partial charge is 0.427 e. The molecule has 0 saturated heterocycles. The Morgan fingerprint density at radius 3 is 2.20 bits per heavy atom. The van der Waals surface area contributed by atoms with Gasteiger partial charge in [0.25, 0.3) is 11.8 Å². The predicted molar refractivity (Wildman–Crippen MR) is 117 cm³/mol. The van der Waals surface area contributed by atoms with E-state index in [1.807, 2.05) is 18.2 Å². The summed E-state index contributed by atoms with van der Waals surface area (Å²) in [6, 6.07) is 20.7. The van der Waals surface area contributed by atoms with Gasteiger partial charge in [0, 0.05) is 34.8 Å². The number of hydrogen-bond donors (Lipinski definition) is 2. The van der Waals surface area contributed by atoms with E-state index in [2.05, 4.69) is 26.6 Å². The van der Waals surface area contributed by atoms with Crippen LogP contribution in [0.1, 0.15) is 33.2 Å². The maximum Gasteiger partial charge on any atom is 0.308 e. The van der Waals surface area contributed by atoms with Crippen molar-refractivity contribution in [1.29, 1.82) is 0 Å². The minimum Gasteiger partial charge on any atom is -0.427 e. The molecule has 0 radical (unpaired) electrons. The summed E-state index contributed by atoms with van der Waals surface area (Å²) < 4.78 is 5.84. The van der Waals surface area contributed by atoms with E-state index in [1.165, 1.54) is 13.0 Å². The van der Waals surface area contributed by atoms with Crippen molar-refractivity contribution < 1.29 is 19.1 Å². The molecule has 0 aliphatic heterocycles. The molecule has 0 bridgehead atoms. The van der Waals surface area contributed by atoms with Crippen LogP contribution in [-0.2, 0) is 11.3 Å². The van der Waals surface area contributed by atoms with Gasteiger partial charge in [-0.25, -0.2) is 0 Å². The lowest BCUT2D eigenvalue weighted by atomic mass is 10.1. The molecule has 3 rings (SSSR count). The van der Waals surface area contributed by atoms with Crippen LogP contribution in [0.2, 0.25) is 0 Å². The number of carbonyl (C=O) groups is 3. The second kappa shape index (κ2) is 9.84. The average molecular weight is 467 g/mol. The fourth-order valence-corrected chi connectivity index (χ4v) is 3.09. The Morgan fingerprint density at radius 2 is 1.53 bits per heavy atom. The maximum atomic E-state index is 12.4. The first-order valence-corrected chi connectivity index (χ1v) is 9.92. The molecule has 0 saturated carbocycles. The monoisotopic (exact) mass is 466 g/mol. The average Bonchev–Trinajstić information content (AvgIpc) is 2.72. The first-order chi connectivity index (χ1) is 14.4. The van der Waals surface area contributed by atoms with Crippen LogP contribution >= 0.6 is 15.9 Å². The Labute approximate surface area is 182 Å². The van der Waals surface area contributed by atoms with Gasteiger partial charge in [0.05, 0.1) is 0 Å². The van der Waals surface area contributed by atoms with Crippen molar-refractivity contribution in [2.24, 2.45) is 0 Å². The number of amides is 2. The zero-order chi connectivity index (χ0) is 21.5. The van der Waals surface area contributed by atoms with Crippen molar-refractivity contribution in [2.45, 2.75) is 13.5 Å². The third kappa shape index (κ3) is 6.02. The van der Waals surface area contributed by atoms with Crippen LogP contribution in [0.3, 0.4) is 0 Å². The van der Waals surface area contributed by atoms with Crippen LogP contribution in [0.4, 0.5) is 5.69 Å². The highest BCUT2D eigenvalue weighted by Gasteiger charge is 2.09. The Morgan fingerprint density at radius 1 is 0.867 bits per heavy atom. The number of hydrogen-bond acceptors (Lipinski definition) is 4. The van der Waals surface area contributed by atoms with Gasteiger partial charge >= 0.3 is 5.97 Å². The third-order valence-electron chi connectivity index (χ3n) is 4.11. The predicted octanol–water partition coefficient (Wildman–Crippen LogP) is 4.56. The van der Waals surface area contributed by atoms with Crippen molar-refractivity contribution >= 4 is 39.4 Å². The molecule has 0 atom stereocenters. The van der Waals surface area contributed by atoms with Gasteiger partial charge in [0.2, 0.25) is 0 Å². The van der Waals surface area contributed by atoms with E-state index in [0.717, 1.165) is 10.0 Å². The molecule has 7 heteroatoms. The molecular formula is C23H19BrN2O4. The SMILES string of the molecule is CC(=O)Oc1cccc(C(=O)Nc2ccc(CNC(=O)c3cccc(Br)c3)cc2)c1. The first kappa shape index (κ1) is 21.3. The van der Waals surface area contributed by atoms with E-state index >= 15 is 0 Å². The third-order valence-corrected chi connectivity index (χ3v) is 4.60. The van der Waals surface area contributed by atoms with Crippen LogP contribution in [0, 0.1) is 0 Å². The second-order valence-corrected chi connectivity index (χ2v) is 7.38. The van der Waals surface area contributed by atoms with Gasteiger partial charge in [0.15, 0.2) is 0 Å². The first-order valence-electron chi connectivity index (χ1n) is 9.13. The van der Waals surface area contributed by atoms with Crippen molar-refractivity contribution in [1.82, 2.24) is 5.32 Å². The Bertz CT molecular complexity index is 1080. The molecule has 2 N–H and O–H groups in total. The standard InChI is InChI=1S/C23H19BrN2O4/c1-15(27)30-21-7-3-5-18(13-21)23(29)26-20-10-8-16(9-11-20)14-25-22(28)17-4-2-6-19(24)12-17/h2-13H,14H2,1H3,(H,25,28)(H,26,29). The molecule has 152 valence electrons. The molecule has 0 heterocycles. The number of halogens is 1. The zero-order valence-electron chi connectivity index (χ0n) is 16.1. The number of benzene rings is 3. The lowest BCUT2D eigenvalue weighted by Crippen LogP contribution is -2.22.